The largest absolute Gasteiger partial charge is 0.458 e. The summed E-state index contributed by atoms with van der Waals surface area (Å²) in [5.41, 5.74) is 9.09. The second-order valence-corrected chi connectivity index (χ2v) is 11.0. The fourth-order valence-corrected chi connectivity index (χ4v) is 6.31. The number of hydrogen-bond acceptors (Lipinski definition) is 3. The van der Waals surface area contributed by atoms with Gasteiger partial charge in [-0.15, -0.1) is 0 Å². The first-order chi connectivity index (χ1) is 20.2. The second kappa shape index (κ2) is 9.60. The lowest BCUT2D eigenvalue weighted by Crippen LogP contribution is -2.57. The Hall–Kier alpha value is -4.96. The van der Waals surface area contributed by atoms with Crippen LogP contribution >= 0.6 is 0 Å². The summed E-state index contributed by atoms with van der Waals surface area (Å²) in [5, 5.41) is 0. The molecule has 0 aromatic heterocycles. The summed E-state index contributed by atoms with van der Waals surface area (Å²) >= 11 is 0. The molecule has 0 spiro atoms. The fraction of sp³-hybridized carbons (Fsp3) is 0.0811. The molecule has 3 nitrogen and oxygen atoms in total. The van der Waals surface area contributed by atoms with Gasteiger partial charge in [0.05, 0.1) is 0 Å². The minimum Gasteiger partial charge on any atom is -0.458 e. The third-order valence-electron chi connectivity index (χ3n) is 8.34. The van der Waals surface area contributed by atoms with E-state index >= 15 is 0 Å². The Kier molecular flexibility index (Phi) is 5.59. The Balaban J connectivity index is 1.23. The average Bonchev–Trinajstić information content (AvgIpc) is 3.03. The van der Waals surface area contributed by atoms with Crippen molar-refractivity contribution in [2.24, 2.45) is 5.92 Å². The summed E-state index contributed by atoms with van der Waals surface area (Å²) in [5.74, 6) is 4.10. The fourth-order valence-electron chi connectivity index (χ4n) is 6.31. The highest BCUT2D eigenvalue weighted by Gasteiger charge is 2.40. The normalized spacial score (nSPS) is 16.0. The number of para-hydroxylation sites is 3. The summed E-state index contributed by atoms with van der Waals surface area (Å²) in [6, 6.07) is 40.3. The van der Waals surface area contributed by atoms with E-state index in [1.54, 1.807) is 0 Å². The van der Waals surface area contributed by atoms with E-state index in [0.29, 0.717) is 5.92 Å². The molecule has 1 unspecified atom stereocenters. The van der Waals surface area contributed by atoms with E-state index < -0.39 is 0 Å². The van der Waals surface area contributed by atoms with Crippen LogP contribution in [-0.4, -0.2) is 6.71 Å². The van der Waals surface area contributed by atoms with Crippen LogP contribution in [0.4, 0.5) is 11.4 Å². The van der Waals surface area contributed by atoms with Crippen molar-refractivity contribution in [1.82, 2.24) is 0 Å². The van der Waals surface area contributed by atoms with E-state index in [1.165, 1.54) is 16.6 Å². The van der Waals surface area contributed by atoms with Crippen LogP contribution in [0.1, 0.15) is 13.3 Å². The molecule has 2 aliphatic heterocycles. The van der Waals surface area contributed by atoms with Crippen LogP contribution in [0.15, 0.2) is 139 Å². The van der Waals surface area contributed by atoms with Gasteiger partial charge in [-0.3, -0.25) is 0 Å². The minimum absolute atomic E-state index is 0.0649. The first kappa shape index (κ1) is 23.9. The number of benzene rings is 5. The van der Waals surface area contributed by atoms with Gasteiger partial charge in [-0.25, -0.2) is 0 Å². The molecule has 0 N–H and O–H groups in total. The molecule has 5 aromatic carbocycles. The van der Waals surface area contributed by atoms with Crippen molar-refractivity contribution >= 4 is 34.5 Å². The van der Waals surface area contributed by atoms with Crippen molar-refractivity contribution in [3.8, 4) is 34.1 Å². The predicted octanol–water partition coefficient (Wildman–Crippen LogP) is 7.70. The van der Waals surface area contributed by atoms with Crippen LogP contribution in [0, 0.1) is 5.92 Å². The number of hydrogen-bond donors (Lipinski definition) is 0. The van der Waals surface area contributed by atoms with Gasteiger partial charge in [-0.2, -0.15) is 0 Å². The summed E-state index contributed by atoms with van der Waals surface area (Å²) in [4.78, 5) is 2.33. The number of nitrogens with zero attached hydrogens (tertiary/aromatic N) is 1. The Labute approximate surface area is 241 Å². The van der Waals surface area contributed by atoms with Crippen molar-refractivity contribution < 1.29 is 9.47 Å². The van der Waals surface area contributed by atoms with Gasteiger partial charge in [-0.1, -0.05) is 85.8 Å². The van der Waals surface area contributed by atoms with Crippen LogP contribution in [0.3, 0.4) is 0 Å². The molecular weight excluding hydrogens is 501 g/mol. The van der Waals surface area contributed by atoms with E-state index in [9.17, 15) is 0 Å². The van der Waals surface area contributed by atoms with Crippen molar-refractivity contribution in [2.45, 2.75) is 13.3 Å². The van der Waals surface area contributed by atoms with E-state index in [-0.39, 0.29) is 6.71 Å². The monoisotopic (exact) mass is 529 g/mol. The zero-order valence-corrected chi connectivity index (χ0v) is 22.8. The Bertz CT molecular complexity index is 1830. The minimum atomic E-state index is 0.0649. The molecule has 1 aliphatic carbocycles. The van der Waals surface area contributed by atoms with Crippen LogP contribution in [0.5, 0.6) is 23.0 Å². The molecule has 3 aliphatic rings. The van der Waals surface area contributed by atoms with Gasteiger partial charge in [0.25, 0.3) is 6.71 Å². The lowest BCUT2D eigenvalue weighted by molar-refractivity contribution is 0.465. The highest BCUT2D eigenvalue weighted by atomic mass is 16.5. The van der Waals surface area contributed by atoms with Crippen LogP contribution in [0.2, 0.25) is 0 Å². The highest BCUT2D eigenvalue weighted by Crippen LogP contribution is 2.41. The van der Waals surface area contributed by atoms with Gasteiger partial charge in [-0.05, 0) is 83.4 Å². The molecule has 8 rings (SSSR count). The van der Waals surface area contributed by atoms with Crippen molar-refractivity contribution in [1.29, 1.82) is 0 Å². The zero-order chi connectivity index (χ0) is 27.3. The molecule has 2 heterocycles. The smallest absolute Gasteiger partial charge is 0.260 e. The van der Waals surface area contributed by atoms with E-state index in [2.05, 4.69) is 133 Å². The van der Waals surface area contributed by atoms with Gasteiger partial charge in [0.15, 0.2) is 0 Å². The number of rotatable bonds is 4. The molecule has 196 valence electrons. The number of allylic oxidation sites excluding steroid dienone is 3. The quantitative estimate of drug-likeness (QED) is 0.218. The molecule has 5 aromatic rings. The maximum Gasteiger partial charge on any atom is 0.260 e. The van der Waals surface area contributed by atoms with E-state index in [1.807, 2.05) is 12.1 Å². The van der Waals surface area contributed by atoms with Gasteiger partial charge < -0.3 is 14.4 Å². The van der Waals surface area contributed by atoms with Crippen molar-refractivity contribution in [3.63, 3.8) is 0 Å². The number of anilines is 2. The number of ether oxygens (including phenoxy) is 2. The molecule has 0 bridgehead atoms. The molecule has 0 saturated carbocycles. The van der Waals surface area contributed by atoms with Gasteiger partial charge in [0.2, 0.25) is 0 Å². The summed E-state index contributed by atoms with van der Waals surface area (Å²) in [6.07, 6.45) is 7.91. The summed E-state index contributed by atoms with van der Waals surface area (Å²) < 4.78 is 13.1. The van der Waals surface area contributed by atoms with Gasteiger partial charge in [0, 0.05) is 28.1 Å². The SMILES string of the molecule is CC1C=CC(N(c2ccccc2)c2ccc(-c3ccc4c5c3Oc3ccccc3B5c3ccccc3O4)cc2)=CC1. The highest BCUT2D eigenvalue weighted by molar-refractivity contribution is 6.98. The molecule has 4 heteroatoms. The molecular formula is C37H28BNO2. The first-order valence-electron chi connectivity index (χ1n) is 14.3. The van der Waals surface area contributed by atoms with Crippen molar-refractivity contribution in [2.75, 3.05) is 4.90 Å². The average molecular weight is 529 g/mol. The zero-order valence-electron chi connectivity index (χ0n) is 22.8. The van der Waals surface area contributed by atoms with Gasteiger partial charge in [0.1, 0.15) is 23.0 Å². The van der Waals surface area contributed by atoms with E-state index in [0.717, 1.165) is 57.4 Å². The van der Waals surface area contributed by atoms with Crippen LogP contribution < -0.4 is 30.8 Å². The van der Waals surface area contributed by atoms with Crippen LogP contribution in [-0.2, 0) is 0 Å². The Morgan fingerprint density at radius 2 is 1.32 bits per heavy atom. The lowest BCUT2D eigenvalue weighted by Gasteiger charge is -2.34. The molecule has 0 saturated heterocycles. The third kappa shape index (κ3) is 3.98. The molecule has 1 atom stereocenters. The number of fused-ring (bicyclic) bond motifs is 4. The summed E-state index contributed by atoms with van der Waals surface area (Å²) in [6.45, 7) is 2.32. The molecule has 0 radical (unpaired) electrons. The molecule has 0 fully saturated rings. The topological polar surface area (TPSA) is 21.7 Å². The van der Waals surface area contributed by atoms with E-state index in [4.69, 9.17) is 9.47 Å². The Morgan fingerprint density at radius 3 is 2.02 bits per heavy atom. The molecule has 0 amide bonds. The van der Waals surface area contributed by atoms with Crippen molar-refractivity contribution in [3.05, 3.63) is 139 Å². The first-order valence-corrected chi connectivity index (χ1v) is 14.3. The van der Waals surface area contributed by atoms with Crippen LogP contribution in [0.25, 0.3) is 11.1 Å². The molecule has 41 heavy (non-hydrogen) atoms. The third-order valence-corrected chi connectivity index (χ3v) is 8.34. The van der Waals surface area contributed by atoms with Gasteiger partial charge >= 0.3 is 0 Å². The Morgan fingerprint density at radius 1 is 0.659 bits per heavy atom. The predicted molar refractivity (Wildman–Crippen MR) is 169 cm³/mol. The maximum atomic E-state index is 6.67. The standard InChI is InChI=1S/C37H28BNO2/c1-25-15-19-28(20-16-25)39(27-9-3-2-4-10-27)29-21-17-26(18-22-29)30-23-24-35-36-37(30)41-34-14-8-6-12-32(34)38(36)31-11-5-7-13-33(31)40-35/h2-15,17-25H,16H2,1H3. The second-order valence-electron chi connectivity index (χ2n) is 11.0. The maximum absolute atomic E-state index is 6.67. The summed E-state index contributed by atoms with van der Waals surface area (Å²) in [7, 11) is 0. The lowest BCUT2D eigenvalue weighted by atomic mass is 9.34.